The minimum Gasteiger partial charge on any atom is -0.507 e. The average molecular weight is 492 g/mol. The summed E-state index contributed by atoms with van der Waals surface area (Å²) in [6.45, 7) is 4.20. The van der Waals surface area contributed by atoms with E-state index in [1.807, 2.05) is 25.3 Å². The third-order valence-electron chi connectivity index (χ3n) is 5.55. The monoisotopic (exact) mass is 491 g/mol. The summed E-state index contributed by atoms with van der Waals surface area (Å²) < 4.78 is 10.6. The van der Waals surface area contributed by atoms with Gasteiger partial charge in [0.05, 0.1) is 30.4 Å². The van der Waals surface area contributed by atoms with Gasteiger partial charge in [-0.25, -0.2) is 4.79 Å². The fourth-order valence-electron chi connectivity index (χ4n) is 3.88. The highest BCUT2D eigenvalue weighted by Gasteiger charge is 2.47. The maximum absolute atomic E-state index is 13.2. The fraction of sp³-hybridized carbons (Fsp3) is 0.222. The molecule has 7 nitrogen and oxygen atoms in total. The molecule has 0 saturated carbocycles. The molecule has 4 rings (SSSR count). The number of ether oxygens (including phenoxy) is 2. The van der Waals surface area contributed by atoms with Gasteiger partial charge in [0.1, 0.15) is 17.6 Å². The molecule has 1 fully saturated rings. The summed E-state index contributed by atoms with van der Waals surface area (Å²) in [5.41, 5.74) is 1.05. The molecule has 0 spiro atoms. The second kappa shape index (κ2) is 10.1. The minimum atomic E-state index is -0.835. The molecule has 2 aromatic carbocycles. The molecule has 1 atom stereocenters. The van der Waals surface area contributed by atoms with Crippen LogP contribution in [0.3, 0.4) is 0 Å². The molecular weight excluding hydrogens is 466 g/mol. The number of anilines is 1. The largest absolute Gasteiger partial charge is 0.507 e. The molecule has 1 saturated heterocycles. The Morgan fingerprint density at radius 2 is 1.77 bits per heavy atom. The number of methoxy groups -OCH3 is 1. The molecule has 3 aromatic rings. The van der Waals surface area contributed by atoms with Crippen molar-refractivity contribution in [1.29, 1.82) is 0 Å². The van der Waals surface area contributed by atoms with Crippen molar-refractivity contribution in [3.63, 3.8) is 0 Å². The summed E-state index contributed by atoms with van der Waals surface area (Å²) in [5, 5.41) is 13.1. The number of amides is 1. The molecule has 1 aliphatic rings. The summed E-state index contributed by atoms with van der Waals surface area (Å²) in [6, 6.07) is 15.9. The third kappa shape index (κ3) is 4.70. The molecule has 35 heavy (non-hydrogen) atoms. The first-order valence-corrected chi connectivity index (χ1v) is 12.0. The van der Waals surface area contributed by atoms with Gasteiger partial charge in [-0.15, -0.1) is 11.3 Å². The smallest absolute Gasteiger partial charge is 0.338 e. The van der Waals surface area contributed by atoms with Gasteiger partial charge < -0.3 is 14.6 Å². The Balaban J connectivity index is 1.77. The fourth-order valence-corrected chi connectivity index (χ4v) is 4.71. The Bertz CT molecular complexity index is 1280. The lowest BCUT2D eigenvalue weighted by Gasteiger charge is -2.24. The second-order valence-electron chi connectivity index (χ2n) is 8.42. The number of rotatable bonds is 7. The predicted octanol–water partition coefficient (Wildman–Crippen LogP) is 5.20. The van der Waals surface area contributed by atoms with Crippen LogP contribution in [0.1, 0.15) is 40.7 Å². The van der Waals surface area contributed by atoms with Crippen molar-refractivity contribution in [1.82, 2.24) is 0 Å². The average Bonchev–Trinajstić information content (AvgIpc) is 3.49. The van der Waals surface area contributed by atoms with E-state index in [0.717, 1.165) is 0 Å². The van der Waals surface area contributed by atoms with Crippen LogP contribution < -0.4 is 9.64 Å². The molecule has 8 heteroatoms. The van der Waals surface area contributed by atoms with Gasteiger partial charge in [0.2, 0.25) is 0 Å². The lowest BCUT2D eigenvalue weighted by atomic mass is 9.99. The van der Waals surface area contributed by atoms with Crippen LogP contribution in [0.15, 0.2) is 71.6 Å². The molecular formula is C27H25NO6S. The van der Waals surface area contributed by atoms with Crippen molar-refractivity contribution in [3.8, 4) is 5.75 Å². The summed E-state index contributed by atoms with van der Waals surface area (Å²) >= 11 is 1.37. The van der Waals surface area contributed by atoms with Gasteiger partial charge >= 0.3 is 5.97 Å². The highest BCUT2D eigenvalue weighted by atomic mass is 32.1. The number of thiophene rings is 1. The first kappa shape index (κ1) is 24.2. The Morgan fingerprint density at radius 1 is 1.06 bits per heavy atom. The summed E-state index contributed by atoms with van der Waals surface area (Å²) in [7, 11) is 1.47. The number of para-hydroxylation sites is 1. The van der Waals surface area contributed by atoms with Gasteiger partial charge in [-0.1, -0.05) is 32.0 Å². The lowest BCUT2D eigenvalue weighted by molar-refractivity contribution is -0.132. The molecule has 0 aliphatic carbocycles. The van der Waals surface area contributed by atoms with E-state index in [0.29, 0.717) is 34.0 Å². The zero-order valence-electron chi connectivity index (χ0n) is 19.6. The van der Waals surface area contributed by atoms with E-state index in [4.69, 9.17) is 9.47 Å². The molecule has 1 unspecified atom stereocenters. The third-order valence-corrected chi connectivity index (χ3v) is 6.47. The number of Topliss-reactive ketones (excluding diaryl/α,β-unsaturated/α-hetero) is 1. The van der Waals surface area contributed by atoms with Crippen LogP contribution >= 0.6 is 11.3 Å². The highest BCUT2D eigenvalue weighted by Crippen LogP contribution is 2.44. The number of nitrogens with zero attached hydrogens (tertiary/aromatic N) is 1. The zero-order chi connectivity index (χ0) is 25.1. The number of aliphatic hydroxyl groups is 1. The number of esters is 1. The van der Waals surface area contributed by atoms with Crippen LogP contribution in [-0.2, 0) is 14.3 Å². The molecule has 2 heterocycles. The molecule has 0 bridgehead atoms. The molecule has 0 radical (unpaired) electrons. The minimum absolute atomic E-state index is 0.0256. The number of ketones is 1. The first-order valence-electron chi connectivity index (χ1n) is 11.1. The van der Waals surface area contributed by atoms with E-state index in [1.54, 1.807) is 54.6 Å². The van der Waals surface area contributed by atoms with Gasteiger partial charge in [-0.05, 0) is 53.8 Å². The molecule has 1 aliphatic heterocycles. The Labute approximate surface area is 207 Å². The standard InChI is InChI=1S/C27H25NO6S/c1-16(2)15-34-27(32)17-10-12-18(13-11-17)28-23(21-9-6-14-35-21)22(25(30)26(28)31)24(29)19-7-4-5-8-20(19)33-3/h4-14,16,23,29H,15H2,1-3H3/b24-22-. The van der Waals surface area contributed by atoms with Crippen LogP contribution in [0.25, 0.3) is 5.76 Å². The van der Waals surface area contributed by atoms with Crippen LogP contribution in [0.4, 0.5) is 5.69 Å². The van der Waals surface area contributed by atoms with Gasteiger partial charge in [0.25, 0.3) is 11.7 Å². The van der Waals surface area contributed by atoms with Crippen LogP contribution in [0, 0.1) is 5.92 Å². The number of carbonyl (C=O) groups is 3. The number of hydrogen-bond donors (Lipinski definition) is 1. The first-order chi connectivity index (χ1) is 16.8. The Kier molecular flexibility index (Phi) is 7.02. The van der Waals surface area contributed by atoms with Gasteiger partial charge in [-0.2, -0.15) is 0 Å². The van der Waals surface area contributed by atoms with Crippen molar-refractivity contribution in [2.75, 3.05) is 18.6 Å². The Hall–Kier alpha value is -3.91. The topological polar surface area (TPSA) is 93.1 Å². The van der Waals surface area contributed by atoms with Gasteiger partial charge in [-0.3, -0.25) is 14.5 Å². The summed E-state index contributed by atoms with van der Waals surface area (Å²) in [6.07, 6.45) is 0. The van der Waals surface area contributed by atoms with Crippen molar-refractivity contribution in [3.05, 3.63) is 87.6 Å². The second-order valence-corrected chi connectivity index (χ2v) is 9.40. The predicted molar refractivity (Wildman–Crippen MR) is 134 cm³/mol. The maximum atomic E-state index is 13.2. The van der Waals surface area contributed by atoms with E-state index in [-0.39, 0.29) is 17.3 Å². The highest BCUT2D eigenvalue weighted by molar-refractivity contribution is 7.10. The maximum Gasteiger partial charge on any atom is 0.338 e. The van der Waals surface area contributed by atoms with Crippen molar-refractivity contribution < 1.29 is 29.0 Å². The number of benzene rings is 2. The van der Waals surface area contributed by atoms with Crippen LogP contribution in [-0.4, -0.2) is 36.5 Å². The molecule has 1 N–H and O–H groups in total. The normalized spacial score (nSPS) is 17.1. The lowest BCUT2D eigenvalue weighted by Crippen LogP contribution is -2.29. The molecule has 180 valence electrons. The number of aliphatic hydroxyl groups excluding tert-OH is 1. The van der Waals surface area contributed by atoms with Gasteiger partial charge in [0.15, 0.2) is 0 Å². The van der Waals surface area contributed by atoms with Crippen molar-refractivity contribution >= 4 is 40.4 Å². The van der Waals surface area contributed by atoms with E-state index < -0.39 is 23.7 Å². The van der Waals surface area contributed by atoms with Crippen molar-refractivity contribution in [2.45, 2.75) is 19.9 Å². The summed E-state index contributed by atoms with van der Waals surface area (Å²) in [5.74, 6) is -1.75. The Morgan fingerprint density at radius 3 is 2.40 bits per heavy atom. The van der Waals surface area contributed by atoms with Crippen molar-refractivity contribution in [2.24, 2.45) is 5.92 Å². The van der Waals surface area contributed by atoms with Crippen LogP contribution in [0.2, 0.25) is 0 Å². The van der Waals surface area contributed by atoms with Gasteiger partial charge in [0, 0.05) is 10.6 Å². The van der Waals surface area contributed by atoms with E-state index >= 15 is 0 Å². The van der Waals surface area contributed by atoms with Crippen LogP contribution in [0.5, 0.6) is 5.75 Å². The van der Waals surface area contributed by atoms with E-state index in [1.165, 1.54) is 23.3 Å². The molecule has 1 amide bonds. The van der Waals surface area contributed by atoms with E-state index in [2.05, 4.69) is 0 Å². The number of hydrogen-bond acceptors (Lipinski definition) is 7. The SMILES string of the molecule is COc1ccccc1/C(O)=C1/C(=O)C(=O)N(c2ccc(C(=O)OCC(C)C)cc2)C1c1cccs1. The molecule has 1 aromatic heterocycles. The zero-order valence-corrected chi connectivity index (χ0v) is 20.4. The number of carbonyl (C=O) groups excluding carboxylic acids is 3. The summed E-state index contributed by atoms with van der Waals surface area (Å²) in [4.78, 5) is 40.8. The van der Waals surface area contributed by atoms with E-state index in [9.17, 15) is 19.5 Å². The quantitative estimate of drug-likeness (QED) is 0.211.